The summed E-state index contributed by atoms with van der Waals surface area (Å²) in [6, 6.07) is 0. The highest BCUT2D eigenvalue weighted by atomic mass is 14.4. The zero-order valence-electron chi connectivity index (χ0n) is 10.1. The van der Waals surface area contributed by atoms with Crippen molar-refractivity contribution in [2.75, 3.05) is 0 Å². The van der Waals surface area contributed by atoms with E-state index in [4.69, 9.17) is 0 Å². The maximum atomic E-state index is 2.44. The first kappa shape index (κ1) is 11.1. The van der Waals surface area contributed by atoms with Crippen LogP contribution in [0.15, 0.2) is 0 Å². The molecule has 0 saturated heterocycles. The van der Waals surface area contributed by atoms with Crippen LogP contribution in [0.2, 0.25) is 0 Å². The molecule has 2 unspecified atom stereocenters. The van der Waals surface area contributed by atoms with Crippen LogP contribution in [0.4, 0.5) is 0 Å². The second-order valence-electron chi connectivity index (χ2n) is 6.41. The van der Waals surface area contributed by atoms with Crippen LogP contribution in [0.3, 0.4) is 0 Å². The summed E-state index contributed by atoms with van der Waals surface area (Å²) < 4.78 is 0. The first-order valence-corrected chi connectivity index (χ1v) is 5.89. The quantitative estimate of drug-likeness (QED) is 0.590. The molecule has 1 fully saturated rings. The lowest BCUT2D eigenvalue weighted by Crippen LogP contribution is -2.28. The average Bonchev–Trinajstić information content (AvgIpc) is 1.78. The largest absolute Gasteiger partial charge is 0.0628 e. The van der Waals surface area contributed by atoms with E-state index >= 15 is 0 Å². The third-order valence-corrected chi connectivity index (χ3v) is 3.28. The first-order chi connectivity index (χ1) is 5.89. The summed E-state index contributed by atoms with van der Waals surface area (Å²) >= 11 is 0. The fraction of sp³-hybridized carbons (Fsp3) is 1.00. The van der Waals surface area contributed by atoms with E-state index in [0.717, 1.165) is 17.8 Å². The van der Waals surface area contributed by atoms with Gasteiger partial charge in [-0.25, -0.2) is 0 Å². The molecule has 0 aromatic carbocycles. The van der Waals surface area contributed by atoms with Crippen molar-refractivity contribution in [1.82, 2.24) is 0 Å². The molecule has 0 spiro atoms. The lowest BCUT2D eigenvalue weighted by atomic mass is 9.66. The number of hydrogen-bond donors (Lipinski definition) is 0. The third kappa shape index (κ3) is 3.70. The fourth-order valence-electron chi connectivity index (χ4n) is 3.39. The molecule has 78 valence electrons. The summed E-state index contributed by atoms with van der Waals surface area (Å²) in [5.74, 6) is 2.83. The molecule has 0 aliphatic heterocycles. The minimum Gasteiger partial charge on any atom is -0.0628 e. The Labute approximate surface area is 84.1 Å². The predicted octanol–water partition coefficient (Wildman–Crippen LogP) is 4.49. The van der Waals surface area contributed by atoms with Gasteiger partial charge in [-0.1, -0.05) is 34.6 Å². The van der Waals surface area contributed by atoms with Crippen LogP contribution in [0.25, 0.3) is 0 Å². The van der Waals surface area contributed by atoms with Crippen molar-refractivity contribution in [2.24, 2.45) is 23.2 Å². The molecule has 1 rings (SSSR count). The van der Waals surface area contributed by atoms with Gasteiger partial charge in [-0.05, 0) is 48.9 Å². The second-order valence-corrected chi connectivity index (χ2v) is 6.41. The summed E-state index contributed by atoms with van der Waals surface area (Å²) in [5.41, 5.74) is 0.608. The molecule has 0 heteroatoms. The molecule has 0 nitrogen and oxygen atoms in total. The summed E-state index contributed by atoms with van der Waals surface area (Å²) in [4.78, 5) is 0. The monoisotopic (exact) mass is 182 g/mol. The van der Waals surface area contributed by atoms with E-state index < -0.39 is 0 Å². The van der Waals surface area contributed by atoms with E-state index in [-0.39, 0.29) is 0 Å². The van der Waals surface area contributed by atoms with Gasteiger partial charge < -0.3 is 0 Å². The van der Waals surface area contributed by atoms with Gasteiger partial charge in [0.05, 0.1) is 0 Å². The number of rotatable bonds is 2. The van der Waals surface area contributed by atoms with E-state index in [1.165, 1.54) is 25.7 Å². The molecule has 0 radical (unpaired) electrons. The predicted molar refractivity (Wildman–Crippen MR) is 59.7 cm³/mol. The van der Waals surface area contributed by atoms with Crippen molar-refractivity contribution in [3.05, 3.63) is 0 Å². The summed E-state index contributed by atoms with van der Waals surface area (Å²) in [6.07, 6.45) is 5.80. The Morgan fingerprint density at radius 1 is 1.23 bits per heavy atom. The summed E-state index contributed by atoms with van der Waals surface area (Å²) in [7, 11) is 0. The van der Waals surface area contributed by atoms with Crippen molar-refractivity contribution >= 4 is 0 Å². The summed E-state index contributed by atoms with van der Waals surface area (Å²) in [6.45, 7) is 12.0. The molecule has 13 heavy (non-hydrogen) atoms. The maximum Gasteiger partial charge on any atom is -0.0349 e. The van der Waals surface area contributed by atoms with E-state index in [2.05, 4.69) is 34.6 Å². The molecular weight excluding hydrogens is 156 g/mol. The molecule has 2 atom stereocenters. The van der Waals surface area contributed by atoms with E-state index in [1.54, 1.807) is 0 Å². The minimum absolute atomic E-state index is 0.608. The SMILES string of the molecule is CC(C)CC1CC(C)CC(C)(C)C1. The van der Waals surface area contributed by atoms with Crippen molar-refractivity contribution in [1.29, 1.82) is 0 Å². The van der Waals surface area contributed by atoms with Gasteiger partial charge >= 0.3 is 0 Å². The van der Waals surface area contributed by atoms with Gasteiger partial charge in [-0.3, -0.25) is 0 Å². The smallest absolute Gasteiger partial charge is 0.0349 e. The molecule has 1 saturated carbocycles. The molecule has 1 aliphatic carbocycles. The molecule has 0 aromatic heterocycles. The van der Waals surface area contributed by atoms with E-state index in [9.17, 15) is 0 Å². The standard InChI is InChI=1S/C13H26/c1-10(2)6-12-7-11(3)8-13(4,5)9-12/h10-12H,6-9H2,1-5H3. The third-order valence-electron chi connectivity index (χ3n) is 3.28. The van der Waals surface area contributed by atoms with Crippen LogP contribution in [-0.4, -0.2) is 0 Å². The molecular formula is C13H26. The molecule has 0 N–H and O–H groups in total. The highest BCUT2D eigenvalue weighted by Crippen LogP contribution is 2.43. The Kier molecular flexibility index (Phi) is 3.43. The van der Waals surface area contributed by atoms with Gasteiger partial charge in [0.1, 0.15) is 0 Å². The zero-order valence-corrected chi connectivity index (χ0v) is 10.1. The maximum absolute atomic E-state index is 2.44. The highest BCUT2D eigenvalue weighted by molar-refractivity contribution is 4.83. The Hall–Kier alpha value is 0. The van der Waals surface area contributed by atoms with Gasteiger partial charge in [0.2, 0.25) is 0 Å². The Morgan fingerprint density at radius 2 is 1.85 bits per heavy atom. The Bertz CT molecular complexity index is 153. The average molecular weight is 182 g/mol. The molecule has 0 aromatic rings. The minimum atomic E-state index is 0.608. The van der Waals surface area contributed by atoms with Crippen LogP contribution in [0.1, 0.15) is 60.3 Å². The van der Waals surface area contributed by atoms with E-state index in [0.29, 0.717) is 5.41 Å². The van der Waals surface area contributed by atoms with Crippen molar-refractivity contribution < 1.29 is 0 Å². The molecule has 0 heterocycles. The van der Waals surface area contributed by atoms with E-state index in [1.807, 2.05) is 0 Å². The lowest BCUT2D eigenvalue weighted by Gasteiger charge is -2.39. The molecule has 1 aliphatic rings. The highest BCUT2D eigenvalue weighted by Gasteiger charge is 2.31. The normalized spacial score (nSPS) is 33.7. The van der Waals surface area contributed by atoms with Crippen molar-refractivity contribution in [2.45, 2.75) is 60.3 Å². The topological polar surface area (TPSA) is 0 Å². The van der Waals surface area contributed by atoms with Crippen molar-refractivity contribution in [3.8, 4) is 0 Å². The Morgan fingerprint density at radius 3 is 2.31 bits per heavy atom. The van der Waals surface area contributed by atoms with Crippen LogP contribution >= 0.6 is 0 Å². The summed E-state index contributed by atoms with van der Waals surface area (Å²) in [5, 5.41) is 0. The number of hydrogen-bond acceptors (Lipinski definition) is 0. The van der Waals surface area contributed by atoms with Gasteiger partial charge in [0.25, 0.3) is 0 Å². The zero-order chi connectivity index (χ0) is 10.1. The van der Waals surface area contributed by atoms with Crippen LogP contribution in [0.5, 0.6) is 0 Å². The van der Waals surface area contributed by atoms with Gasteiger partial charge in [0, 0.05) is 0 Å². The van der Waals surface area contributed by atoms with Crippen LogP contribution in [0, 0.1) is 23.2 Å². The van der Waals surface area contributed by atoms with Gasteiger partial charge in [0.15, 0.2) is 0 Å². The first-order valence-electron chi connectivity index (χ1n) is 5.89. The van der Waals surface area contributed by atoms with Gasteiger partial charge in [-0.15, -0.1) is 0 Å². The van der Waals surface area contributed by atoms with Crippen LogP contribution in [-0.2, 0) is 0 Å². The van der Waals surface area contributed by atoms with Crippen LogP contribution < -0.4 is 0 Å². The molecule has 0 bridgehead atoms. The lowest BCUT2D eigenvalue weighted by molar-refractivity contribution is 0.119. The molecule has 0 amide bonds. The van der Waals surface area contributed by atoms with Gasteiger partial charge in [-0.2, -0.15) is 0 Å². The fourth-order valence-corrected chi connectivity index (χ4v) is 3.39. The Balaban J connectivity index is 2.48. The second kappa shape index (κ2) is 4.02. The van der Waals surface area contributed by atoms with Crippen molar-refractivity contribution in [3.63, 3.8) is 0 Å².